The molecule has 1 saturated heterocycles. The highest BCUT2D eigenvalue weighted by molar-refractivity contribution is 7.85. The van der Waals surface area contributed by atoms with E-state index in [0.29, 0.717) is 31.2 Å². The number of aromatic nitrogens is 1. The minimum absolute atomic E-state index is 0.0288. The van der Waals surface area contributed by atoms with Crippen LogP contribution in [0.15, 0.2) is 59.6 Å². The SMILES string of the molecule is CC[C@H](C)[C@@H]1NC(=O)CNC(=O)[C@H](NC(=O)[C@@H](NC(C)=O)[C@@H](C)[C@@H](O)CO)Cc2c([nH]c3cc(OC(=O)N(C)CCN(C)C(=O)OCc4ccc(NC(=O)[C@H](CCCNC(N)=O)NC(=O)[C@@H](NC(=O)CCCCCN5C(=O)C=CC5=O)C(C)C)cc4)ccc23)S(=O)C[C@@H](C(=O)N[C@@H](CC(N)=O)C(=O)N2CC[C@@H](O)C2)NC(=O)CNC1=O. The van der Waals surface area contributed by atoms with Gasteiger partial charge in [0.2, 0.25) is 70.9 Å². The summed E-state index contributed by atoms with van der Waals surface area (Å²) in [7, 11) is 0.177. The number of likely N-dealkylation sites (tertiary alicyclic amines) is 1. The third-order valence-corrected chi connectivity index (χ3v) is 20.9. The smallest absolute Gasteiger partial charge is 0.415 e. The molecule has 4 heterocycles. The molecule has 12 atom stereocenters. The Bertz CT molecular complexity index is 4140. The number of β-amino-alcohol motifs (C(OH)–C–C–N with tert-alkyl or cyclic N) is 1. The van der Waals surface area contributed by atoms with E-state index in [9.17, 15) is 96.8 Å². The highest BCUT2D eigenvalue weighted by Gasteiger charge is 2.39. The van der Waals surface area contributed by atoms with Crippen LogP contribution >= 0.6 is 0 Å². The van der Waals surface area contributed by atoms with E-state index in [1.807, 2.05) is 0 Å². The number of primary amides is 2. The number of ether oxygens (including phenoxy) is 2. The molecule has 1 aromatic heterocycles. The molecular formula is C74H106N18O23S. The Hall–Kier alpha value is -11.7. The number of benzene rings is 2. The van der Waals surface area contributed by atoms with Crippen LogP contribution in [0.1, 0.15) is 110 Å². The lowest BCUT2D eigenvalue weighted by Gasteiger charge is -2.29. The second-order valence-corrected chi connectivity index (χ2v) is 30.3. The third-order valence-electron chi connectivity index (χ3n) is 19.4. The molecule has 18 amide bonds. The number of amides is 18. The van der Waals surface area contributed by atoms with Crippen molar-refractivity contribution in [3.8, 4) is 5.75 Å². The summed E-state index contributed by atoms with van der Waals surface area (Å²) in [5, 5.41) is 58.3. The van der Waals surface area contributed by atoms with Crippen molar-refractivity contribution >= 4 is 128 Å². The monoisotopic (exact) mass is 1650 g/mol. The van der Waals surface area contributed by atoms with E-state index >= 15 is 4.21 Å². The molecule has 1 fully saturated rings. The molecule has 2 aromatic carbocycles. The fourth-order valence-corrected chi connectivity index (χ4v) is 13.8. The largest absolute Gasteiger partial charge is 0.445 e. The summed E-state index contributed by atoms with van der Waals surface area (Å²) in [5.41, 5.74) is 11.5. The number of hydrogen-bond donors (Lipinski definition) is 17. The van der Waals surface area contributed by atoms with Gasteiger partial charge in [-0.2, -0.15) is 0 Å². The lowest BCUT2D eigenvalue weighted by molar-refractivity contribution is -0.138. The van der Waals surface area contributed by atoms with Gasteiger partial charge in [0.1, 0.15) is 59.7 Å². The van der Waals surface area contributed by atoms with Crippen LogP contribution in [0.2, 0.25) is 0 Å². The zero-order chi connectivity index (χ0) is 85.8. The van der Waals surface area contributed by atoms with Gasteiger partial charge in [0.15, 0.2) is 0 Å². The number of nitrogens with zero attached hydrogens (tertiary/aromatic N) is 4. The zero-order valence-electron chi connectivity index (χ0n) is 65.8. The predicted octanol–water partition coefficient (Wildman–Crippen LogP) is -3.79. The maximum Gasteiger partial charge on any atom is 0.415 e. The second kappa shape index (κ2) is 44.9. The molecule has 636 valence electrons. The van der Waals surface area contributed by atoms with Gasteiger partial charge in [0, 0.05) is 108 Å². The van der Waals surface area contributed by atoms with E-state index in [0.717, 1.165) is 16.7 Å². The molecule has 0 aliphatic carbocycles. The van der Waals surface area contributed by atoms with Gasteiger partial charge in [0.25, 0.3) is 11.8 Å². The van der Waals surface area contributed by atoms with Crippen molar-refractivity contribution in [1.82, 2.24) is 77.8 Å². The van der Waals surface area contributed by atoms with Crippen LogP contribution in [-0.4, -0.2) is 278 Å². The minimum atomic E-state index is -2.58. The first-order chi connectivity index (χ1) is 54.9. The molecular weight excluding hydrogens is 1540 g/mol. The van der Waals surface area contributed by atoms with Crippen LogP contribution in [0.5, 0.6) is 5.75 Å². The second-order valence-electron chi connectivity index (χ2n) is 28.9. The number of unbranched alkanes of at least 4 members (excludes halogenated alkanes) is 2. The summed E-state index contributed by atoms with van der Waals surface area (Å²) in [4.78, 5) is 234. The average Bonchev–Trinajstić information content (AvgIpc) is 1.62. The number of likely N-dealkylation sites (N-methyl/N-ethyl adjacent to an activating group) is 2. The number of anilines is 1. The van der Waals surface area contributed by atoms with E-state index < -0.39 is 222 Å². The molecule has 116 heavy (non-hydrogen) atoms. The molecule has 0 radical (unpaired) electrons. The maximum atomic E-state index is 15.3. The Morgan fingerprint density at radius 2 is 1.41 bits per heavy atom. The predicted molar refractivity (Wildman–Crippen MR) is 414 cm³/mol. The number of carbonyl (C=O) groups is 17. The summed E-state index contributed by atoms with van der Waals surface area (Å²) in [6.45, 7) is 6.24. The molecule has 3 aliphatic heterocycles. The number of hydrogen-bond acceptors (Lipinski definition) is 23. The quantitative estimate of drug-likeness (QED) is 0.0198. The van der Waals surface area contributed by atoms with Crippen molar-refractivity contribution < 1.29 is 111 Å². The van der Waals surface area contributed by atoms with Crippen molar-refractivity contribution in [2.45, 2.75) is 172 Å². The van der Waals surface area contributed by atoms with Gasteiger partial charge >= 0.3 is 18.2 Å². The number of aliphatic hydroxyl groups excluding tert-OH is 3. The molecule has 0 bridgehead atoms. The number of rotatable bonds is 35. The first-order valence-corrected chi connectivity index (χ1v) is 39.2. The average molecular weight is 1650 g/mol. The molecule has 1 unspecified atom stereocenters. The maximum absolute atomic E-state index is 15.3. The normalized spacial score (nSPS) is 19.3. The molecule has 41 nitrogen and oxygen atoms in total. The Morgan fingerprint density at radius 3 is 2.03 bits per heavy atom. The van der Waals surface area contributed by atoms with Crippen molar-refractivity contribution in [1.29, 1.82) is 0 Å². The van der Waals surface area contributed by atoms with Gasteiger partial charge in [-0.25, -0.2) is 14.4 Å². The van der Waals surface area contributed by atoms with Crippen molar-refractivity contribution in [3.05, 3.63) is 65.7 Å². The topological polar surface area (TPSA) is 600 Å². The van der Waals surface area contributed by atoms with E-state index in [4.69, 9.17) is 20.9 Å². The summed E-state index contributed by atoms with van der Waals surface area (Å²) in [5.74, 6) is -14.6. The number of H-pyrrole nitrogens is 1. The van der Waals surface area contributed by atoms with Gasteiger partial charge in [0.05, 0.1) is 60.4 Å². The lowest BCUT2D eigenvalue weighted by atomic mass is 9.94. The Kier molecular flexibility index (Phi) is 36.0. The fourth-order valence-electron chi connectivity index (χ4n) is 12.4. The minimum Gasteiger partial charge on any atom is -0.445 e. The molecule has 0 spiro atoms. The van der Waals surface area contributed by atoms with Crippen molar-refractivity contribution in [3.63, 3.8) is 0 Å². The molecule has 3 aliphatic rings. The van der Waals surface area contributed by atoms with Crippen molar-refractivity contribution in [2.24, 2.45) is 29.2 Å². The Balaban J connectivity index is 1.18. The zero-order valence-corrected chi connectivity index (χ0v) is 66.6. The molecule has 3 aromatic rings. The van der Waals surface area contributed by atoms with Crippen LogP contribution in [0, 0.1) is 17.8 Å². The summed E-state index contributed by atoms with van der Waals surface area (Å²) >= 11 is 0. The first-order valence-electron chi connectivity index (χ1n) is 37.8. The first kappa shape index (κ1) is 93.2. The van der Waals surface area contributed by atoms with Crippen molar-refractivity contribution in [2.75, 3.05) is 84.1 Å². The highest BCUT2D eigenvalue weighted by atomic mass is 32.2. The lowest BCUT2D eigenvalue weighted by Crippen LogP contribution is -2.59. The number of nitrogens with two attached hydrogens (primary N) is 2. The third kappa shape index (κ3) is 28.4. The van der Waals surface area contributed by atoms with Gasteiger partial charge in [-0.15, -0.1) is 0 Å². The summed E-state index contributed by atoms with van der Waals surface area (Å²) in [6.07, 6.45) is -1.18. The standard InChI is InChI=1S/C74H106N18O23S/c1-9-40(4)62-67(106)79-33-57(99)82-53(66(105)85-52(32-55(75)97)71(109)91-27-24-45(95)35-91)38-116(113)70-48(31-51(64(103)78-34-58(100)88-62)84-69(108)63(80-42(6)94)41(5)54(96)36-93)47-21-20-46(30-50(47)86-70)115-74(112)90(8)29-28-89(7)73(111)114-37-43-16-18-44(19-17-43)81-65(104)49(14-13-25-77-72(76)110)83-68(107)61(39(2)3)87-56(98)15-11-10-12-26-92-59(101)22-23-60(92)102/h16-23,30,39-41,45,49,51-54,61-63,86,93,95-96H,9-15,24-29,31-38H2,1-8H3,(H2,75,97)(H,78,103)(H,79,106)(H,80,94)(H,81,104)(H,82,99)(H,83,107)(H,84,108)(H,85,105)(H,87,98)(H,88,100)(H3,76,77,110)/t40-,41-,45+,49-,51+,52-,53-,54-,61-,62-,63-,116?/m0/s1. The van der Waals surface area contributed by atoms with E-state index in [1.165, 1.54) is 73.3 Å². The number of aliphatic hydroxyl groups is 3. The van der Waals surface area contributed by atoms with Crippen LogP contribution in [0.4, 0.5) is 20.1 Å². The van der Waals surface area contributed by atoms with Gasteiger partial charge in [-0.1, -0.05) is 59.6 Å². The number of fused-ring (bicyclic) bond motifs is 3. The summed E-state index contributed by atoms with van der Waals surface area (Å²) < 4.78 is 26.6. The summed E-state index contributed by atoms with van der Waals surface area (Å²) in [6, 6.07) is -1.25. The van der Waals surface area contributed by atoms with Crippen LogP contribution < -0.4 is 74.7 Å². The number of carbonyl (C=O) groups excluding carboxylic acids is 17. The number of aromatic amines is 1. The van der Waals surface area contributed by atoms with E-state index in [2.05, 4.69) is 63.5 Å². The molecule has 19 N–H and O–H groups in total. The Labute approximate surface area is 670 Å². The Morgan fingerprint density at radius 1 is 0.759 bits per heavy atom. The van der Waals surface area contributed by atoms with E-state index in [-0.39, 0.29) is 104 Å². The van der Waals surface area contributed by atoms with Gasteiger partial charge < -0.3 is 114 Å². The number of urea groups is 1. The molecule has 42 heteroatoms. The molecule has 0 saturated carbocycles. The van der Waals surface area contributed by atoms with Crippen LogP contribution in [0.25, 0.3) is 10.9 Å². The highest BCUT2D eigenvalue weighted by Crippen LogP contribution is 2.31. The number of imide groups is 1. The van der Waals surface area contributed by atoms with Crippen LogP contribution in [0.3, 0.4) is 0 Å². The van der Waals surface area contributed by atoms with Crippen LogP contribution in [-0.2, 0) is 95.7 Å². The fraction of sp³-hybridized carbons (Fsp3) is 0.554. The number of nitrogens with one attached hydrogen (secondary N) is 12. The molecule has 6 rings (SSSR count). The van der Waals surface area contributed by atoms with Gasteiger partial charge in [-0.05, 0) is 79.3 Å². The van der Waals surface area contributed by atoms with E-state index in [1.54, 1.807) is 39.8 Å². The van der Waals surface area contributed by atoms with Gasteiger partial charge in [-0.3, -0.25) is 76.2 Å².